The molecule has 0 bridgehead atoms. The molecule has 15 heavy (non-hydrogen) atoms. The van der Waals surface area contributed by atoms with E-state index in [9.17, 15) is 0 Å². The van der Waals surface area contributed by atoms with Crippen LogP contribution in [-0.4, -0.2) is 0 Å². The minimum Gasteiger partial charge on any atom is -0.144 e. The molecule has 0 fully saturated rings. The third-order valence-corrected chi connectivity index (χ3v) is 2.76. The molecule has 0 unspecified atom stereocenters. The van der Waals surface area contributed by atoms with Crippen molar-refractivity contribution in [2.75, 3.05) is 0 Å². The molecule has 84 valence electrons. The molecule has 1 heterocycles. The van der Waals surface area contributed by atoms with Crippen molar-refractivity contribution >= 4 is 17.4 Å². The average molecular weight is 222 g/mol. The van der Waals surface area contributed by atoms with Crippen molar-refractivity contribution in [2.45, 2.75) is 41.0 Å². The van der Waals surface area contributed by atoms with Crippen LogP contribution in [0.1, 0.15) is 45.1 Å². The second-order valence-electron chi connectivity index (χ2n) is 2.80. The summed E-state index contributed by atoms with van der Waals surface area (Å²) in [6.45, 7) is 10.1. The van der Waals surface area contributed by atoms with Crippen LogP contribution in [0.15, 0.2) is 29.2 Å². The molecule has 0 saturated carbocycles. The Kier molecular flexibility index (Phi) is 8.02. The van der Waals surface area contributed by atoms with Crippen molar-refractivity contribution < 1.29 is 0 Å². The van der Waals surface area contributed by atoms with Gasteiger partial charge in [0.15, 0.2) is 0 Å². The average Bonchev–Trinajstić information content (AvgIpc) is 2.64. The zero-order valence-corrected chi connectivity index (χ0v) is 11.3. The number of thiophene rings is 1. The van der Waals surface area contributed by atoms with Crippen LogP contribution < -0.4 is 0 Å². The fraction of sp³-hybridized carbons (Fsp3) is 0.429. The Morgan fingerprint density at radius 2 is 1.80 bits per heavy atom. The number of hydrogen-bond donors (Lipinski definition) is 0. The zero-order chi connectivity index (χ0) is 11.7. The van der Waals surface area contributed by atoms with Crippen LogP contribution in [0.4, 0.5) is 0 Å². The lowest BCUT2D eigenvalue weighted by molar-refractivity contribution is 1.29. The summed E-state index contributed by atoms with van der Waals surface area (Å²) in [4.78, 5) is 1.42. The maximum absolute atomic E-state index is 2.25. The Morgan fingerprint density at radius 1 is 1.13 bits per heavy atom. The van der Waals surface area contributed by atoms with E-state index in [0.29, 0.717) is 0 Å². The van der Waals surface area contributed by atoms with E-state index in [0.717, 1.165) is 6.42 Å². The minimum absolute atomic E-state index is 1.09. The Morgan fingerprint density at radius 3 is 2.47 bits per heavy atom. The molecule has 0 saturated heterocycles. The van der Waals surface area contributed by atoms with Crippen molar-refractivity contribution in [3.05, 3.63) is 39.6 Å². The van der Waals surface area contributed by atoms with Gasteiger partial charge in [0.25, 0.3) is 0 Å². The molecule has 0 amide bonds. The molecule has 0 atom stereocenters. The van der Waals surface area contributed by atoms with Gasteiger partial charge in [-0.25, -0.2) is 0 Å². The molecule has 1 aromatic rings. The number of fused-ring (bicyclic) bond motifs is 1. The quantitative estimate of drug-likeness (QED) is 0.557. The first-order valence-corrected chi connectivity index (χ1v) is 6.65. The van der Waals surface area contributed by atoms with Crippen LogP contribution in [0.3, 0.4) is 0 Å². The summed E-state index contributed by atoms with van der Waals surface area (Å²) in [5, 5.41) is 2.16. The highest BCUT2D eigenvalue weighted by Gasteiger charge is 2.02. The highest BCUT2D eigenvalue weighted by Crippen LogP contribution is 2.23. The molecule has 0 nitrogen and oxygen atoms in total. The molecular weight excluding hydrogens is 200 g/mol. The fourth-order valence-electron chi connectivity index (χ4n) is 1.27. The van der Waals surface area contributed by atoms with Crippen molar-refractivity contribution in [3.63, 3.8) is 0 Å². The lowest BCUT2D eigenvalue weighted by atomic mass is 10.2. The zero-order valence-electron chi connectivity index (χ0n) is 10.5. The summed E-state index contributed by atoms with van der Waals surface area (Å²) in [7, 11) is 0. The van der Waals surface area contributed by atoms with Gasteiger partial charge in [-0.3, -0.25) is 0 Å². The van der Waals surface area contributed by atoms with Crippen LogP contribution in [0.25, 0.3) is 6.08 Å². The maximum Gasteiger partial charge on any atom is 0.0308 e. The monoisotopic (exact) mass is 222 g/mol. The van der Waals surface area contributed by atoms with Crippen LogP contribution in [-0.2, 0) is 6.42 Å². The Hall–Kier alpha value is -0.820. The van der Waals surface area contributed by atoms with E-state index in [1.54, 1.807) is 0 Å². The topological polar surface area (TPSA) is 0 Å². The summed E-state index contributed by atoms with van der Waals surface area (Å²) >= 11 is 1.83. The highest BCUT2D eigenvalue weighted by molar-refractivity contribution is 7.11. The predicted octanol–water partition coefficient (Wildman–Crippen LogP) is 5.32. The number of rotatable bonds is 0. The third kappa shape index (κ3) is 4.48. The Balaban J connectivity index is 0.000000442. The maximum atomic E-state index is 2.25. The normalized spacial score (nSPS) is 12.2. The van der Waals surface area contributed by atoms with Gasteiger partial charge in [0.2, 0.25) is 0 Å². The number of allylic oxidation sites excluding steroid dienone is 3. The molecular formula is C14H22S. The molecule has 1 heteroatoms. The van der Waals surface area contributed by atoms with Gasteiger partial charge in [-0.1, -0.05) is 45.4 Å². The molecule has 0 N–H and O–H groups in total. The van der Waals surface area contributed by atoms with Crippen molar-refractivity contribution in [2.24, 2.45) is 0 Å². The molecule has 1 aromatic heterocycles. The summed E-state index contributed by atoms with van der Waals surface area (Å²) in [5.41, 5.74) is 2.81. The molecule has 2 rings (SSSR count). The van der Waals surface area contributed by atoms with Gasteiger partial charge in [-0.2, -0.15) is 0 Å². The first kappa shape index (κ1) is 14.2. The van der Waals surface area contributed by atoms with Crippen LogP contribution in [0.2, 0.25) is 0 Å². The summed E-state index contributed by atoms with van der Waals surface area (Å²) in [5.74, 6) is 0. The van der Waals surface area contributed by atoms with Gasteiger partial charge in [-0.05, 0) is 36.4 Å². The molecule has 1 aliphatic rings. The van der Waals surface area contributed by atoms with Gasteiger partial charge in [0.1, 0.15) is 0 Å². The van der Waals surface area contributed by atoms with Gasteiger partial charge < -0.3 is 0 Å². The SMILES string of the molecule is CC.CC.CC1=Cc2sccc2CC=C1. The molecule has 0 radical (unpaired) electrons. The second kappa shape index (κ2) is 8.49. The first-order valence-electron chi connectivity index (χ1n) is 5.77. The summed E-state index contributed by atoms with van der Waals surface area (Å²) in [6.07, 6.45) is 7.76. The van der Waals surface area contributed by atoms with Crippen LogP contribution in [0.5, 0.6) is 0 Å². The lowest BCUT2D eigenvalue weighted by Crippen LogP contribution is -1.75. The first-order chi connectivity index (χ1) is 7.36. The van der Waals surface area contributed by atoms with E-state index in [-0.39, 0.29) is 0 Å². The summed E-state index contributed by atoms with van der Waals surface area (Å²) < 4.78 is 0. The van der Waals surface area contributed by atoms with Gasteiger partial charge in [-0.15, -0.1) is 11.3 Å². The Labute approximate surface area is 98.3 Å². The van der Waals surface area contributed by atoms with E-state index < -0.39 is 0 Å². The minimum atomic E-state index is 1.09. The Bertz CT molecular complexity index is 316. The predicted molar refractivity (Wildman–Crippen MR) is 73.5 cm³/mol. The van der Waals surface area contributed by atoms with Crippen LogP contribution >= 0.6 is 11.3 Å². The smallest absolute Gasteiger partial charge is 0.0308 e. The van der Waals surface area contributed by atoms with Gasteiger partial charge >= 0.3 is 0 Å². The number of hydrogen-bond acceptors (Lipinski definition) is 1. The second-order valence-corrected chi connectivity index (χ2v) is 3.75. The standard InChI is InChI=1S/C10H10S.2C2H6/c1-8-3-2-4-9-5-6-11-10(9)7-8;2*1-2/h2-3,5-7H,4H2,1H3;2*1-2H3. The van der Waals surface area contributed by atoms with E-state index in [1.807, 2.05) is 39.0 Å². The molecule has 0 aliphatic heterocycles. The van der Waals surface area contributed by atoms with Gasteiger partial charge in [0, 0.05) is 4.88 Å². The molecule has 0 spiro atoms. The van der Waals surface area contributed by atoms with Crippen molar-refractivity contribution in [1.82, 2.24) is 0 Å². The van der Waals surface area contributed by atoms with E-state index >= 15 is 0 Å². The largest absolute Gasteiger partial charge is 0.144 e. The van der Waals surface area contributed by atoms with E-state index in [2.05, 4.69) is 36.6 Å². The van der Waals surface area contributed by atoms with E-state index in [4.69, 9.17) is 0 Å². The third-order valence-electron chi connectivity index (χ3n) is 1.86. The fourth-order valence-corrected chi connectivity index (χ4v) is 2.20. The van der Waals surface area contributed by atoms with Crippen molar-refractivity contribution in [1.29, 1.82) is 0 Å². The van der Waals surface area contributed by atoms with E-state index in [1.165, 1.54) is 16.0 Å². The van der Waals surface area contributed by atoms with Crippen LogP contribution in [0, 0.1) is 0 Å². The summed E-state index contributed by atoms with van der Waals surface area (Å²) in [6, 6.07) is 2.21. The van der Waals surface area contributed by atoms with Gasteiger partial charge in [0.05, 0.1) is 0 Å². The highest BCUT2D eigenvalue weighted by atomic mass is 32.1. The lowest BCUT2D eigenvalue weighted by Gasteiger charge is -1.90. The molecule has 1 aliphatic carbocycles. The molecule has 0 aromatic carbocycles. The van der Waals surface area contributed by atoms with Crippen molar-refractivity contribution in [3.8, 4) is 0 Å².